The molecule has 0 aliphatic carbocycles. The molecule has 9 nitrogen and oxygen atoms in total. The SMILES string of the molecule is Cc1ccc(C(=O)NCCNc2ccccc2[N+](=O)[O-])cc1NC(=O)c1ccco1. The molecule has 2 amide bonds. The van der Waals surface area contributed by atoms with Crippen LogP contribution in [0, 0.1) is 17.0 Å². The van der Waals surface area contributed by atoms with Crippen molar-refractivity contribution in [2.75, 3.05) is 23.7 Å². The van der Waals surface area contributed by atoms with Crippen molar-refractivity contribution >= 4 is 28.9 Å². The second kappa shape index (κ2) is 9.37. The van der Waals surface area contributed by atoms with Crippen LogP contribution in [-0.4, -0.2) is 29.8 Å². The van der Waals surface area contributed by atoms with Crippen molar-refractivity contribution in [2.24, 2.45) is 0 Å². The molecule has 0 aliphatic heterocycles. The van der Waals surface area contributed by atoms with E-state index in [9.17, 15) is 19.7 Å². The fourth-order valence-corrected chi connectivity index (χ4v) is 2.75. The van der Waals surface area contributed by atoms with Gasteiger partial charge in [-0.2, -0.15) is 0 Å². The zero-order chi connectivity index (χ0) is 21.5. The summed E-state index contributed by atoms with van der Waals surface area (Å²) in [7, 11) is 0. The lowest BCUT2D eigenvalue weighted by molar-refractivity contribution is -0.384. The highest BCUT2D eigenvalue weighted by molar-refractivity contribution is 6.03. The summed E-state index contributed by atoms with van der Waals surface area (Å²) in [5.74, 6) is -0.562. The number of hydrogen-bond acceptors (Lipinski definition) is 6. The number of para-hydroxylation sites is 2. The largest absolute Gasteiger partial charge is 0.459 e. The molecule has 0 bridgehead atoms. The fraction of sp³-hybridized carbons (Fsp3) is 0.143. The van der Waals surface area contributed by atoms with Gasteiger partial charge in [-0.1, -0.05) is 18.2 Å². The lowest BCUT2D eigenvalue weighted by atomic mass is 10.1. The Hall–Kier alpha value is -4.14. The van der Waals surface area contributed by atoms with Gasteiger partial charge in [-0.25, -0.2) is 0 Å². The average molecular weight is 408 g/mol. The van der Waals surface area contributed by atoms with Gasteiger partial charge in [-0.15, -0.1) is 0 Å². The summed E-state index contributed by atoms with van der Waals surface area (Å²) in [6.45, 7) is 2.38. The highest BCUT2D eigenvalue weighted by atomic mass is 16.6. The third-order valence-corrected chi connectivity index (χ3v) is 4.32. The molecule has 1 heterocycles. The zero-order valence-electron chi connectivity index (χ0n) is 16.2. The molecule has 3 rings (SSSR count). The maximum atomic E-state index is 12.4. The van der Waals surface area contributed by atoms with Gasteiger partial charge in [0.1, 0.15) is 5.69 Å². The zero-order valence-corrected chi connectivity index (χ0v) is 16.2. The first-order valence-electron chi connectivity index (χ1n) is 9.16. The smallest absolute Gasteiger partial charge is 0.292 e. The van der Waals surface area contributed by atoms with Gasteiger partial charge in [-0.3, -0.25) is 19.7 Å². The summed E-state index contributed by atoms with van der Waals surface area (Å²) >= 11 is 0. The summed E-state index contributed by atoms with van der Waals surface area (Å²) in [5.41, 5.74) is 2.03. The van der Waals surface area contributed by atoms with Crippen molar-refractivity contribution in [3.8, 4) is 0 Å². The molecule has 3 aromatic rings. The number of benzene rings is 2. The third-order valence-electron chi connectivity index (χ3n) is 4.32. The van der Waals surface area contributed by atoms with E-state index < -0.39 is 10.8 Å². The van der Waals surface area contributed by atoms with Crippen molar-refractivity contribution in [1.82, 2.24) is 5.32 Å². The predicted octanol–water partition coefficient (Wildman–Crippen LogP) is 3.59. The van der Waals surface area contributed by atoms with Gasteiger partial charge < -0.3 is 20.4 Å². The second-order valence-corrected chi connectivity index (χ2v) is 6.42. The van der Waals surface area contributed by atoms with Crippen LogP contribution < -0.4 is 16.0 Å². The molecule has 0 spiro atoms. The number of aryl methyl sites for hydroxylation is 1. The maximum Gasteiger partial charge on any atom is 0.292 e. The molecule has 3 N–H and O–H groups in total. The van der Waals surface area contributed by atoms with Crippen LogP contribution in [0.1, 0.15) is 26.5 Å². The Balaban J connectivity index is 1.57. The molecule has 0 unspecified atom stereocenters. The van der Waals surface area contributed by atoms with Crippen LogP contribution in [0.15, 0.2) is 65.3 Å². The normalized spacial score (nSPS) is 10.3. The minimum atomic E-state index is -0.467. The maximum absolute atomic E-state index is 12.4. The third kappa shape index (κ3) is 5.02. The highest BCUT2D eigenvalue weighted by Gasteiger charge is 2.14. The molecule has 154 valence electrons. The van der Waals surface area contributed by atoms with E-state index in [1.54, 1.807) is 48.5 Å². The molecule has 0 aliphatic rings. The van der Waals surface area contributed by atoms with Crippen LogP contribution in [0.5, 0.6) is 0 Å². The summed E-state index contributed by atoms with van der Waals surface area (Å²) in [5, 5.41) is 19.4. The first-order valence-corrected chi connectivity index (χ1v) is 9.16. The number of hydrogen-bond donors (Lipinski definition) is 3. The Kier molecular flexibility index (Phi) is 6.43. The number of carbonyl (C=O) groups excluding carboxylic acids is 2. The number of furan rings is 1. The van der Waals surface area contributed by atoms with Crippen molar-refractivity contribution in [3.05, 3.63) is 87.9 Å². The van der Waals surface area contributed by atoms with E-state index in [0.29, 0.717) is 23.5 Å². The van der Waals surface area contributed by atoms with E-state index in [1.165, 1.54) is 12.3 Å². The van der Waals surface area contributed by atoms with Crippen LogP contribution in [0.4, 0.5) is 17.1 Å². The summed E-state index contributed by atoms with van der Waals surface area (Å²) in [4.78, 5) is 35.2. The van der Waals surface area contributed by atoms with Crippen molar-refractivity contribution in [3.63, 3.8) is 0 Å². The number of amides is 2. The van der Waals surface area contributed by atoms with Gasteiger partial charge in [0.25, 0.3) is 17.5 Å². The number of carbonyl (C=O) groups is 2. The Bertz CT molecular complexity index is 1060. The van der Waals surface area contributed by atoms with E-state index in [1.807, 2.05) is 6.92 Å². The number of nitrogens with one attached hydrogen (secondary N) is 3. The van der Waals surface area contributed by atoms with Gasteiger partial charge >= 0.3 is 0 Å². The van der Waals surface area contributed by atoms with Crippen LogP contribution in [0.2, 0.25) is 0 Å². The molecular formula is C21H20N4O5. The monoisotopic (exact) mass is 408 g/mol. The predicted molar refractivity (Wildman–Crippen MR) is 112 cm³/mol. The number of nitro benzene ring substituents is 1. The van der Waals surface area contributed by atoms with E-state index in [2.05, 4.69) is 16.0 Å². The molecule has 1 aromatic heterocycles. The van der Waals surface area contributed by atoms with E-state index >= 15 is 0 Å². The van der Waals surface area contributed by atoms with E-state index in [-0.39, 0.29) is 23.9 Å². The lowest BCUT2D eigenvalue weighted by Crippen LogP contribution is -2.29. The summed E-state index contributed by atoms with van der Waals surface area (Å²) in [6.07, 6.45) is 1.41. The van der Waals surface area contributed by atoms with Gasteiger partial charge in [0.05, 0.1) is 11.2 Å². The van der Waals surface area contributed by atoms with Gasteiger partial charge in [-0.05, 0) is 42.8 Å². The first-order chi connectivity index (χ1) is 14.5. The molecule has 30 heavy (non-hydrogen) atoms. The van der Waals surface area contributed by atoms with Gasteiger partial charge in [0, 0.05) is 30.4 Å². The Labute approximate surface area is 172 Å². The summed E-state index contributed by atoms with van der Waals surface area (Å²) in [6, 6.07) is 14.4. The molecule has 0 saturated heterocycles. The van der Waals surface area contributed by atoms with Crippen molar-refractivity contribution in [2.45, 2.75) is 6.92 Å². The number of anilines is 2. The molecule has 0 radical (unpaired) electrons. The molecule has 0 saturated carbocycles. The number of nitro groups is 1. The van der Waals surface area contributed by atoms with Crippen LogP contribution in [0.25, 0.3) is 0 Å². The average Bonchev–Trinajstić information content (AvgIpc) is 3.28. The van der Waals surface area contributed by atoms with Crippen LogP contribution >= 0.6 is 0 Å². The Morgan fingerprint density at radius 2 is 1.80 bits per heavy atom. The number of nitrogens with zero attached hydrogens (tertiary/aromatic N) is 1. The Morgan fingerprint density at radius 3 is 2.53 bits per heavy atom. The fourth-order valence-electron chi connectivity index (χ4n) is 2.75. The van der Waals surface area contributed by atoms with Crippen LogP contribution in [-0.2, 0) is 0 Å². The molecule has 2 aromatic carbocycles. The number of rotatable bonds is 8. The first kappa shape index (κ1) is 20.6. The van der Waals surface area contributed by atoms with Crippen molar-refractivity contribution in [1.29, 1.82) is 0 Å². The van der Waals surface area contributed by atoms with Crippen LogP contribution in [0.3, 0.4) is 0 Å². The quantitative estimate of drug-likeness (QED) is 0.297. The standard InChI is InChI=1S/C21H20N4O5/c1-14-8-9-15(13-17(14)24-21(27)19-7-4-12-30-19)20(26)23-11-10-22-16-5-2-3-6-18(16)25(28)29/h2-9,12-13,22H,10-11H2,1H3,(H,23,26)(H,24,27). The molecule has 0 fully saturated rings. The minimum Gasteiger partial charge on any atom is -0.459 e. The van der Waals surface area contributed by atoms with Crippen molar-refractivity contribution < 1.29 is 18.9 Å². The topological polar surface area (TPSA) is 127 Å². The molecule has 9 heteroatoms. The van der Waals surface area contributed by atoms with Gasteiger partial charge in [0.15, 0.2) is 5.76 Å². The molecule has 0 atom stereocenters. The Morgan fingerprint density at radius 1 is 1.00 bits per heavy atom. The second-order valence-electron chi connectivity index (χ2n) is 6.42. The van der Waals surface area contributed by atoms with Gasteiger partial charge in [0.2, 0.25) is 0 Å². The minimum absolute atomic E-state index is 0.0284. The lowest BCUT2D eigenvalue weighted by Gasteiger charge is -2.11. The molecular weight excluding hydrogens is 388 g/mol. The van der Waals surface area contributed by atoms with E-state index in [0.717, 1.165) is 5.56 Å². The summed E-state index contributed by atoms with van der Waals surface area (Å²) < 4.78 is 5.07. The highest BCUT2D eigenvalue weighted by Crippen LogP contribution is 2.22. The van der Waals surface area contributed by atoms with E-state index in [4.69, 9.17) is 4.42 Å².